The first kappa shape index (κ1) is 14.1. The van der Waals surface area contributed by atoms with E-state index >= 15 is 0 Å². The minimum absolute atomic E-state index is 0.669. The molecule has 0 amide bonds. The van der Waals surface area contributed by atoms with Gasteiger partial charge in [-0.1, -0.05) is 20.3 Å². The smallest absolute Gasteiger partial charge is 0.0624 e. The first-order chi connectivity index (χ1) is 9.78. The second kappa shape index (κ2) is 5.88. The van der Waals surface area contributed by atoms with Crippen LogP contribution in [-0.2, 0) is 19.4 Å². The summed E-state index contributed by atoms with van der Waals surface area (Å²) in [6, 6.07) is 2.99. The Kier molecular flexibility index (Phi) is 4.16. The summed E-state index contributed by atoms with van der Waals surface area (Å²) in [6.45, 7) is 8.70. The van der Waals surface area contributed by atoms with Gasteiger partial charge in [0.15, 0.2) is 0 Å². The lowest BCUT2D eigenvalue weighted by atomic mass is 9.99. The molecular formula is C17H29N3. The van der Waals surface area contributed by atoms with Crippen LogP contribution in [0.4, 0.5) is 0 Å². The van der Waals surface area contributed by atoms with Gasteiger partial charge in [0.2, 0.25) is 0 Å². The summed E-state index contributed by atoms with van der Waals surface area (Å²) < 4.78 is 2.21. The summed E-state index contributed by atoms with van der Waals surface area (Å²) in [7, 11) is 0. The zero-order valence-corrected chi connectivity index (χ0v) is 13.2. The topological polar surface area (TPSA) is 29.9 Å². The highest BCUT2D eigenvalue weighted by atomic mass is 15.3. The monoisotopic (exact) mass is 275 g/mol. The average molecular weight is 275 g/mol. The second-order valence-corrected chi connectivity index (χ2v) is 6.50. The van der Waals surface area contributed by atoms with E-state index in [1.165, 1.54) is 30.7 Å². The Balaban J connectivity index is 1.71. The van der Waals surface area contributed by atoms with Gasteiger partial charge in [0, 0.05) is 24.7 Å². The molecule has 1 heterocycles. The first-order valence-electron chi connectivity index (χ1n) is 8.57. The van der Waals surface area contributed by atoms with Crippen LogP contribution in [0.1, 0.15) is 51.4 Å². The molecule has 3 atom stereocenters. The first-order valence-corrected chi connectivity index (χ1v) is 8.57. The summed E-state index contributed by atoms with van der Waals surface area (Å²) in [5.74, 6) is 3.00. The Labute approximate surface area is 123 Å². The molecule has 0 saturated heterocycles. The molecule has 112 valence electrons. The zero-order valence-electron chi connectivity index (χ0n) is 13.2. The maximum atomic E-state index is 4.70. The fraction of sp³-hybridized carbons (Fsp3) is 0.824. The summed E-state index contributed by atoms with van der Waals surface area (Å²) >= 11 is 0. The summed E-state index contributed by atoms with van der Waals surface area (Å²) in [6.07, 6.45) is 6.62. The minimum atomic E-state index is 0.669. The maximum absolute atomic E-state index is 4.70. The molecule has 2 aliphatic rings. The van der Waals surface area contributed by atoms with Gasteiger partial charge in [-0.2, -0.15) is 5.10 Å². The molecule has 0 spiro atoms. The van der Waals surface area contributed by atoms with Crippen LogP contribution < -0.4 is 5.32 Å². The van der Waals surface area contributed by atoms with Crippen molar-refractivity contribution >= 4 is 0 Å². The molecule has 3 rings (SSSR count). The number of nitrogens with one attached hydrogen (secondary N) is 1. The van der Waals surface area contributed by atoms with Gasteiger partial charge in [-0.3, -0.25) is 4.68 Å². The van der Waals surface area contributed by atoms with Crippen LogP contribution in [0.2, 0.25) is 0 Å². The van der Waals surface area contributed by atoms with Crippen molar-refractivity contribution in [1.82, 2.24) is 15.1 Å². The van der Waals surface area contributed by atoms with Crippen molar-refractivity contribution in [2.24, 2.45) is 17.8 Å². The van der Waals surface area contributed by atoms with E-state index in [2.05, 4.69) is 36.8 Å². The number of likely N-dealkylation sites (N-methyl/N-ethyl adjacent to an activating group) is 1. The number of fused-ring (bicyclic) bond motifs is 1. The Morgan fingerprint density at radius 2 is 2.05 bits per heavy atom. The molecule has 1 aromatic rings. The van der Waals surface area contributed by atoms with Crippen molar-refractivity contribution in [1.29, 1.82) is 0 Å². The fourth-order valence-corrected chi connectivity index (χ4v) is 4.43. The van der Waals surface area contributed by atoms with Gasteiger partial charge in [0.05, 0.1) is 5.69 Å². The molecule has 20 heavy (non-hydrogen) atoms. The molecule has 2 aliphatic carbocycles. The van der Waals surface area contributed by atoms with Crippen LogP contribution in [-0.4, -0.2) is 22.4 Å². The van der Waals surface area contributed by atoms with Crippen LogP contribution in [0.25, 0.3) is 0 Å². The van der Waals surface area contributed by atoms with Crippen LogP contribution in [0.5, 0.6) is 0 Å². The van der Waals surface area contributed by atoms with E-state index in [4.69, 9.17) is 5.10 Å². The molecule has 3 nitrogen and oxygen atoms in total. The van der Waals surface area contributed by atoms with Crippen LogP contribution >= 0.6 is 0 Å². The highest BCUT2D eigenvalue weighted by molar-refractivity contribution is 5.15. The molecule has 3 heteroatoms. The third-order valence-electron chi connectivity index (χ3n) is 5.41. The van der Waals surface area contributed by atoms with Crippen LogP contribution in [0, 0.1) is 17.8 Å². The van der Waals surface area contributed by atoms with Gasteiger partial charge < -0.3 is 5.32 Å². The van der Waals surface area contributed by atoms with Gasteiger partial charge in [-0.15, -0.1) is 0 Å². The highest BCUT2D eigenvalue weighted by Gasteiger charge is 2.55. The molecule has 0 radical (unpaired) electrons. The Bertz CT molecular complexity index is 441. The number of hydrogen-bond acceptors (Lipinski definition) is 2. The van der Waals surface area contributed by atoms with Gasteiger partial charge in [0.1, 0.15) is 0 Å². The van der Waals surface area contributed by atoms with Crippen molar-refractivity contribution in [2.75, 3.05) is 6.54 Å². The maximum Gasteiger partial charge on any atom is 0.0624 e. The standard InChI is InChI=1S/C17H29N3/c1-4-12-10-13(20(6-3)19-12)11-16(18-5-2)17-14-8-7-9-15(14)17/h10,14-18H,4-9,11H2,1-3H3. The van der Waals surface area contributed by atoms with Gasteiger partial charge >= 0.3 is 0 Å². The minimum Gasteiger partial charge on any atom is -0.314 e. The largest absolute Gasteiger partial charge is 0.314 e. The number of hydrogen-bond donors (Lipinski definition) is 1. The average Bonchev–Trinajstić information content (AvgIpc) is 2.82. The Hall–Kier alpha value is -0.830. The van der Waals surface area contributed by atoms with Gasteiger partial charge in [-0.25, -0.2) is 0 Å². The Morgan fingerprint density at radius 1 is 1.30 bits per heavy atom. The van der Waals surface area contributed by atoms with Crippen molar-refractivity contribution in [3.63, 3.8) is 0 Å². The van der Waals surface area contributed by atoms with Crippen molar-refractivity contribution < 1.29 is 0 Å². The van der Waals surface area contributed by atoms with Gasteiger partial charge in [0.25, 0.3) is 0 Å². The lowest BCUT2D eigenvalue weighted by Gasteiger charge is -2.20. The predicted octanol–water partition coefficient (Wildman–Crippen LogP) is 3.03. The molecule has 1 aromatic heterocycles. The lowest BCUT2D eigenvalue weighted by Crippen LogP contribution is -2.35. The summed E-state index contributed by atoms with van der Waals surface area (Å²) in [4.78, 5) is 0. The molecule has 0 aliphatic heterocycles. The summed E-state index contributed by atoms with van der Waals surface area (Å²) in [5, 5.41) is 8.46. The highest BCUT2D eigenvalue weighted by Crippen LogP contribution is 2.59. The molecule has 0 aromatic carbocycles. The van der Waals surface area contributed by atoms with E-state index in [1.807, 2.05) is 0 Å². The third-order valence-corrected chi connectivity index (χ3v) is 5.41. The summed E-state index contributed by atoms with van der Waals surface area (Å²) in [5.41, 5.74) is 2.67. The molecule has 2 fully saturated rings. The van der Waals surface area contributed by atoms with Crippen molar-refractivity contribution in [3.05, 3.63) is 17.5 Å². The van der Waals surface area contributed by atoms with E-state index in [9.17, 15) is 0 Å². The second-order valence-electron chi connectivity index (χ2n) is 6.50. The van der Waals surface area contributed by atoms with Crippen molar-refractivity contribution in [3.8, 4) is 0 Å². The lowest BCUT2D eigenvalue weighted by molar-refractivity contribution is 0.401. The van der Waals surface area contributed by atoms with E-state index < -0.39 is 0 Å². The molecule has 1 N–H and O–H groups in total. The quantitative estimate of drug-likeness (QED) is 0.829. The number of aromatic nitrogens is 2. The number of nitrogens with zero attached hydrogens (tertiary/aromatic N) is 2. The van der Waals surface area contributed by atoms with E-state index in [0.29, 0.717) is 6.04 Å². The van der Waals surface area contributed by atoms with Crippen LogP contribution in [0.3, 0.4) is 0 Å². The van der Waals surface area contributed by atoms with E-state index in [1.54, 1.807) is 0 Å². The van der Waals surface area contributed by atoms with Gasteiger partial charge in [-0.05, 0) is 56.6 Å². The number of aryl methyl sites for hydroxylation is 2. The molecule has 0 bridgehead atoms. The van der Waals surface area contributed by atoms with E-state index in [-0.39, 0.29) is 0 Å². The fourth-order valence-electron chi connectivity index (χ4n) is 4.43. The van der Waals surface area contributed by atoms with E-state index in [0.717, 1.165) is 43.7 Å². The third kappa shape index (κ3) is 2.52. The molecule has 3 unspecified atom stereocenters. The van der Waals surface area contributed by atoms with Crippen molar-refractivity contribution in [2.45, 2.75) is 65.5 Å². The SMILES string of the molecule is CCNC(Cc1cc(CC)nn1CC)C1C2CCCC21. The van der Waals surface area contributed by atoms with Crippen LogP contribution in [0.15, 0.2) is 6.07 Å². The molecular weight excluding hydrogens is 246 g/mol. The predicted molar refractivity (Wildman–Crippen MR) is 82.8 cm³/mol. The zero-order chi connectivity index (χ0) is 14.1. The Morgan fingerprint density at radius 3 is 2.65 bits per heavy atom. The normalized spacial score (nSPS) is 29.4. The number of rotatable bonds is 7. The molecule has 2 saturated carbocycles.